The number of carbonyl (C=O) groups is 1. The first-order chi connectivity index (χ1) is 10.4. The van der Waals surface area contributed by atoms with Crippen molar-refractivity contribution in [2.45, 2.75) is 75.8 Å². The third-order valence-corrected chi connectivity index (χ3v) is 3.79. The van der Waals surface area contributed by atoms with Gasteiger partial charge in [0, 0.05) is 6.42 Å². The van der Waals surface area contributed by atoms with Crippen molar-refractivity contribution in [3.05, 3.63) is 0 Å². The van der Waals surface area contributed by atoms with Gasteiger partial charge in [0.15, 0.2) is 6.10 Å². The molecule has 130 valence electrons. The van der Waals surface area contributed by atoms with Crippen LogP contribution in [0.2, 0.25) is 0 Å². The third kappa shape index (κ3) is 4.87. The lowest BCUT2D eigenvalue weighted by atomic mass is 9.96. The van der Waals surface area contributed by atoms with Crippen LogP contribution in [0.1, 0.15) is 45.4 Å². The summed E-state index contributed by atoms with van der Waals surface area (Å²) in [5.74, 6) is -3.08. The maximum atomic E-state index is 11.8. The van der Waals surface area contributed by atoms with Gasteiger partial charge in [0.25, 0.3) is 5.91 Å². The molecule has 1 aliphatic rings. The summed E-state index contributed by atoms with van der Waals surface area (Å²) in [5.41, 5.74) is 0. The molecule has 0 aromatic heterocycles. The van der Waals surface area contributed by atoms with E-state index in [1.54, 1.807) is 0 Å². The highest BCUT2D eigenvalue weighted by Gasteiger charge is 2.53. The van der Waals surface area contributed by atoms with Gasteiger partial charge in [-0.15, -0.1) is 0 Å². The SMILES string of the molecule is CCCCCCCC(=O)N[C@@]1(O)O[C@H](CO)[C@@H](O)[C@H](O)[C@H]1O. The first kappa shape index (κ1) is 19.3. The van der Waals surface area contributed by atoms with Gasteiger partial charge in [0.1, 0.15) is 18.3 Å². The molecule has 0 spiro atoms. The van der Waals surface area contributed by atoms with Gasteiger partial charge in [-0.25, -0.2) is 0 Å². The number of ether oxygens (including phenoxy) is 1. The zero-order valence-corrected chi connectivity index (χ0v) is 12.8. The van der Waals surface area contributed by atoms with Crippen LogP contribution in [0.15, 0.2) is 0 Å². The second kappa shape index (κ2) is 8.76. The van der Waals surface area contributed by atoms with E-state index in [1.165, 1.54) is 0 Å². The van der Waals surface area contributed by atoms with Crippen LogP contribution in [0.5, 0.6) is 0 Å². The van der Waals surface area contributed by atoms with Crippen LogP contribution >= 0.6 is 0 Å². The first-order valence-electron chi connectivity index (χ1n) is 7.72. The zero-order chi connectivity index (χ0) is 16.8. The van der Waals surface area contributed by atoms with Crippen LogP contribution < -0.4 is 5.32 Å². The molecule has 0 aromatic carbocycles. The fourth-order valence-corrected chi connectivity index (χ4v) is 2.41. The number of nitrogens with one attached hydrogen (secondary N) is 1. The van der Waals surface area contributed by atoms with Crippen molar-refractivity contribution >= 4 is 5.91 Å². The Balaban J connectivity index is 2.52. The van der Waals surface area contributed by atoms with E-state index < -0.39 is 42.8 Å². The van der Waals surface area contributed by atoms with E-state index in [-0.39, 0.29) is 6.42 Å². The smallest absolute Gasteiger partial charge is 0.279 e. The molecular weight excluding hydrogens is 294 g/mol. The normalized spacial score (nSPS) is 35.4. The van der Waals surface area contributed by atoms with Crippen molar-refractivity contribution in [3.63, 3.8) is 0 Å². The molecule has 22 heavy (non-hydrogen) atoms. The lowest BCUT2D eigenvalue weighted by Crippen LogP contribution is -2.71. The second-order valence-electron chi connectivity index (χ2n) is 5.67. The molecule has 1 fully saturated rings. The average molecular weight is 321 g/mol. The molecule has 8 nitrogen and oxygen atoms in total. The summed E-state index contributed by atoms with van der Waals surface area (Å²) in [6, 6.07) is 0. The maximum absolute atomic E-state index is 11.8. The van der Waals surface area contributed by atoms with Crippen LogP contribution in [-0.4, -0.2) is 68.4 Å². The standard InChI is InChI=1S/C14H27NO7/c1-2-3-4-5-6-7-10(17)15-14(21)13(20)12(19)11(18)9(8-16)22-14/h9,11-13,16,18-21H,2-8H2,1H3,(H,15,17)/t9-,11-,12+,13-,14+/m1/s1. The first-order valence-corrected chi connectivity index (χ1v) is 7.72. The lowest BCUT2D eigenvalue weighted by Gasteiger charge is -2.45. The van der Waals surface area contributed by atoms with Crippen LogP contribution in [0, 0.1) is 0 Å². The van der Waals surface area contributed by atoms with Gasteiger partial charge in [-0.1, -0.05) is 32.6 Å². The number of aliphatic hydroxyl groups is 5. The van der Waals surface area contributed by atoms with E-state index in [0.717, 1.165) is 25.7 Å². The van der Waals surface area contributed by atoms with Crippen LogP contribution in [-0.2, 0) is 9.53 Å². The maximum Gasteiger partial charge on any atom is 0.279 e. The van der Waals surface area contributed by atoms with Crippen molar-refractivity contribution in [1.29, 1.82) is 0 Å². The van der Waals surface area contributed by atoms with E-state index in [9.17, 15) is 25.2 Å². The van der Waals surface area contributed by atoms with Crippen molar-refractivity contribution in [2.24, 2.45) is 0 Å². The lowest BCUT2D eigenvalue weighted by molar-refractivity contribution is -0.358. The highest BCUT2D eigenvalue weighted by molar-refractivity contribution is 5.76. The highest BCUT2D eigenvalue weighted by Crippen LogP contribution is 2.26. The highest BCUT2D eigenvalue weighted by atomic mass is 16.7. The van der Waals surface area contributed by atoms with E-state index in [1.807, 2.05) is 0 Å². The molecule has 5 atom stereocenters. The van der Waals surface area contributed by atoms with E-state index in [4.69, 9.17) is 9.84 Å². The van der Waals surface area contributed by atoms with Gasteiger partial charge in [0.2, 0.25) is 5.91 Å². The van der Waals surface area contributed by atoms with Crippen molar-refractivity contribution in [2.75, 3.05) is 6.61 Å². The summed E-state index contributed by atoms with van der Waals surface area (Å²) < 4.78 is 4.95. The molecule has 1 heterocycles. The van der Waals surface area contributed by atoms with Crippen LogP contribution in [0.3, 0.4) is 0 Å². The molecule has 0 aromatic rings. The molecule has 0 aliphatic carbocycles. The Morgan fingerprint density at radius 1 is 1.14 bits per heavy atom. The molecule has 8 heteroatoms. The molecule has 1 saturated heterocycles. The summed E-state index contributed by atoms with van der Waals surface area (Å²) in [7, 11) is 0. The number of rotatable bonds is 8. The fourth-order valence-electron chi connectivity index (χ4n) is 2.41. The zero-order valence-electron chi connectivity index (χ0n) is 12.8. The van der Waals surface area contributed by atoms with E-state index >= 15 is 0 Å². The number of aliphatic hydroxyl groups excluding tert-OH is 4. The summed E-state index contributed by atoms with van der Waals surface area (Å²) >= 11 is 0. The Hall–Kier alpha value is -0.770. The number of hydrogen-bond acceptors (Lipinski definition) is 7. The minimum absolute atomic E-state index is 0.143. The topological polar surface area (TPSA) is 139 Å². The second-order valence-corrected chi connectivity index (χ2v) is 5.67. The summed E-state index contributed by atoms with van der Waals surface area (Å²) in [6.45, 7) is 1.40. The van der Waals surface area contributed by atoms with E-state index in [2.05, 4.69) is 12.2 Å². The molecule has 1 rings (SSSR count). The van der Waals surface area contributed by atoms with Crippen molar-refractivity contribution in [1.82, 2.24) is 5.32 Å². The van der Waals surface area contributed by atoms with Gasteiger partial charge in [-0.05, 0) is 6.42 Å². The monoisotopic (exact) mass is 321 g/mol. The number of amides is 1. The molecule has 1 aliphatic heterocycles. The van der Waals surface area contributed by atoms with Gasteiger partial charge in [-0.3, -0.25) is 4.79 Å². The summed E-state index contributed by atoms with van der Waals surface area (Å²) in [5, 5.41) is 50.4. The average Bonchev–Trinajstić information content (AvgIpc) is 2.49. The summed E-state index contributed by atoms with van der Waals surface area (Å²) in [6.07, 6.45) is -1.69. The van der Waals surface area contributed by atoms with E-state index in [0.29, 0.717) is 6.42 Å². The number of unbranched alkanes of at least 4 members (excludes halogenated alkanes) is 4. The Labute approximate surface area is 129 Å². The van der Waals surface area contributed by atoms with Crippen molar-refractivity contribution < 1.29 is 35.1 Å². The van der Waals surface area contributed by atoms with Gasteiger partial charge in [-0.2, -0.15) is 0 Å². The minimum Gasteiger partial charge on any atom is -0.394 e. The van der Waals surface area contributed by atoms with Gasteiger partial charge >= 0.3 is 0 Å². The fraction of sp³-hybridized carbons (Fsp3) is 0.929. The van der Waals surface area contributed by atoms with Gasteiger partial charge in [0.05, 0.1) is 6.61 Å². The van der Waals surface area contributed by atoms with Crippen LogP contribution in [0.25, 0.3) is 0 Å². The Bertz CT molecular complexity index is 352. The number of hydrogen-bond donors (Lipinski definition) is 6. The summed E-state index contributed by atoms with van der Waals surface area (Å²) in [4.78, 5) is 11.8. The largest absolute Gasteiger partial charge is 0.394 e. The molecule has 0 radical (unpaired) electrons. The molecule has 0 unspecified atom stereocenters. The molecular formula is C14H27NO7. The molecule has 6 N–H and O–H groups in total. The van der Waals surface area contributed by atoms with Crippen LogP contribution in [0.4, 0.5) is 0 Å². The Kier molecular flexibility index (Phi) is 7.67. The number of carbonyl (C=O) groups excluding carboxylic acids is 1. The molecule has 0 saturated carbocycles. The molecule has 1 amide bonds. The predicted octanol–water partition coefficient (Wildman–Crippen LogP) is -1.42. The minimum atomic E-state index is -2.54. The Morgan fingerprint density at radius 3 is 2.36 bits per heavy atom. The third-order valence-electron chi connectivity index (χ3n) is 3.79. The quantitative estimate of drug-likeness (QED) is 0.238. The van der Waals surface area contributed by atoms with Gasteiger partial charge < -0.3 is 35.6 Å². The van der Waals surface area contributed by atoms with Crippen molar-refractivity contribution in [3.8, 4) is 0 Å². The molecule has 0 bridgehead atoms. The predicted molar refractivity (Wildman–Crippen MR) is 76.4 cm³/mol. The Morgan fingerprint density at radius 2 is 1.77 bits per heavy atom.